The summed E-state index contributed by atoms with van der Waals surface area (Å²) in [5.74, 6) is 0.243. The molecule has 0 amide bonds. The van der Waals surface area contributed by atoms with Gasteiger partial charge < -0.3 is 4.55 Å². The molecular formula is C20H18F3IO4S2. The van der Waals surface area contributed by atoms with Crippen molar-refractivity contribution in [1.29, 1.82) is 0 Å². The number of thiophene rings is 1. The van der Waals surface area contributed by atoms with Crippen molar-refractivity contribution in [1.82, 2.24) is 0 Å². The third kappa shape index (κ3) is 6.76. The molecule has 0 N–H and O–H groups in total. The van der Waals surface area contributed by atoms with Crippen LogP contribution in [-0.4, -0.2) is 24.3 Å². The highest BCUT2D eigenvalue weighted by Gasteiger charge is 2.37. The molecular weight excluding hydrogens is 552 g/mol. The molecule has 1 aliphatic rings. The van der Waals surface area contributed by atoms with Gasteiger partial charge in [0.2, 0.25) is 5.78 Å². The molecule has 1 aromatic carbocycles. The molecule has 1 aliphatic carbocycles. The topological polar surface area (TPSA) is 74.3 Å². The van der Waals surface area contributed by atoms with Gasteiger partial charge in [-0.25, -0.2) is 8.42 Å². The lowest BCUT2D eigenvalue weighted by Crippen LogP contribution is -3.61. The Hall–Kier alpha value is -1.50. The fourth-order valence-corrected chi connectivity index (χ4v) is 6.20. The van der Waals surface area contributed by atoms with Gasteiger partial charge in [0.25, 0.3) is 0 Å². The van der Waals surface area contributed by atoms with E-state index in [2.05, 4.69) is 44.2 Å². The van der Waals surface area contributed by atoms with Crippen LogP contribution in [0.4, 0.5) is 13.2 Å². The monoisotopic (exact) mass is 570 g/mol. The quantitative estimate of drug-likeness (QED) is 0.186. The van der Waals surface area contributed by atoms with Gasteiger partial charge in [-0.1, -0.05) is 35.4 Å². The van der Waals surface area contributed by atoms with Crippen LogP contribution in [0.2, 0.25) is 0 Å². The summed E-state index contributed by atoms with van der Waals surface area (Å²) in [4.78, 5) is 13.7. The van der Waals surface area contributed by atoms with E-state index in [1.54, 1.807) is 11.3 Å². The molecule has 2 aromatic rings. The summed E-state index contributed by atoms with van der Waals surface area (Å²) in [5, 5.41) is 1.98. The number of carbonyl (C=O) groups is 1. The smallest absolute Gasteiger partial charge is 0.485 e. The maximum atomic E-state index is 12.9. The van der Waals surface area contributed by atoms with E-state index in [0.717, 1.165) is 23.3 Å². The van der Waals surface area contributed by atoms with Crippen molar-refractivity contribution in [3.05, 3.63) is 76.6 Å². The molecule has 0 atom stereocenters. The van der Waals surface area contributed by atoms with E-state index in [9.17, 15) is 18.0 Å². The van der Waals surface area contributed by atoms with Crippen molar-refractivity contribution >= 4 is 27.2 Å². The van der Waals surface area contributed by atoms with Crippen LogP contribution in [0.15, 0.2) is 68.1 Å². The summed E-state index contributed by atoms with van der Waals surface area (Å²) in [7, 11) is -6.09. The number of hydrogen-bond donors (Lipinski definition) is 0. The zero-order chi connectivity index (χ0) is 22.5. The Morgan fingerprint density at radius 1 is 1.03 bits per heavy atom. The van der Waals surface area contributed by atoms with Gasteiger partial charge in [0, 0.05) is 12.8 Å². The molecule has 0 bridgehead atoms. The van der Waals surface area contributed by atoms with Crippen molar-refractivity contribution < 1.29 is 52.1 Å². The van der Waals surface area contributed by atoms with E-state index in [4.69, 9.17) is 13.0 Å². The van der Waals surface area contributed by atoms with Crippen LogP contribution < -0.4 is 21.2 Å². The lowest BCUT2D eigenvalue weighted by atomic mass is 9.91. The van der Waals surface area contributed by atoms with Gasteiger partial charge in [0.15, 0.2) is 17.3 Å². The largest absolute Gasteiger partial charge is 0.741 e. The van der Waals surface area contributed by atoms with E-state index in [0.29, 0.717) is 0 Å². The van der Waals surface area contributed by atoms with Crippen LogP contribution in [-0.2, 0) is 10.1 Å². The fraction of sp³-hybridized carbons (Fsp3) is 0.250. The zero-order valence-corrected chi connectivity index (χ0v) is 19.8. The molecule has 1 aromatic heterocycles. The molecule has 0 radical (unpaired) electrons. The lowest BCUT2D eigenvalue weighted by Gasteiger charge is -2.15. The second-order valence-electron chi connectivity index (χ2n) is 6.39. The summed E-state index contributed by atoms with van der Waals surface area (Å²) >= 11 is 1.28. The van der Waals surface area contributed by atoms with E-state index in [1.807, 2.05) is 17.5 Å². The van der Waals surface area contributed by atoms with Crippen molar-refractivity contribution in [2.45, 2.75) is 32.2 Å². The van der Waals surface area contributed by atoms with Crippen LogP contribution in [0.25, 0.3) is 0 Å². The molecule has 0 spiro atoms. The maximum Gasteiger partial charge on any atom is 0.485 e. The molecule has 30 heavy (non-hydrogen) atoms. The van der Waals surface area contributed by atoms with E-state index < -0.39 is 15.6 Å². The molecule has 4 nitrogen and oxygen atoms in total. The van der Waals surface area contributed by atoms with Crippen molar-refractivity contribution in [2.24, 2.45) is 0 Å². The number of halogens is 4. The maximum absolute atomic E-state index is 12.9. The summed E-state index contributed by atoms with van der Waals surface area (Å²) in [6, 6.07) is 14.5. The number of allylic oxidation sites excluding steroid dienone is 4. The van der Waals surface area contributed by atoms with Gasteiger partial charge in [-0.3, -0.25) is 4.79 Å². The Labute approximate surface area is 187 Å². The third-order valence-electron chi connectivity index (χ3n) is 4.18. The number of hydrogen-bond acceptors (Lipinski definition) is 5. The molecule has 3 rings (SSSR count). The van der Waals surface area contributed by atoms with Crippen LogP contribution in [0, 0.1) is 3.57 Å². The number of alkyl halides is 3. The molecule has 1 heterocycles. The highest BCUT2D eigenvalue weighted by atomic mass is 127. The molecule has 10 heteroatoms. The molecule has 162 valence electrons. The minimum absolute atomic E-state index is 0.243. The first kappa shape index (κ1) is 24.8. The van der Waals surface area contributed by atoms with Crippen LogP contribution in [0.1, 0.15) is 36.4 Å². The Bertz CT molecular complexity index is 1060. The number of rotatable bonds is 4. The van der Waals surface area contributed by atoms with Gasteiger partial charge in [0.05, 0.1) is 10.5 Å². The van der Waals surface area contributed by atoms with E-state index in [-0.39, 0.29) is 27.0 Å². The van der Waals surface area contributed by atoms with Crippen LogP contribution in [0.3, 0.4) is 0 Å². The van der Waals surface area contributed by atoms with Gasteiger partial charge >= 0.3 is 26.7 Å². The average molecular weight is 570 g/mol. The SMILES string of the molecule is CC1=C(C)CC(C(=O)c2cccs2)=C([I+]c2ccccc2)C1.O=S(=O)([O-])C(F)(F)F. The Kier molecular flexibility index (Phi) is 8.43. The highest BCUT2D eigenvalue weighted by Crippen LogP contribution is 2.29. The number of Topliss-reactive ketones (excluding diaryl/α,β-unsaturated/α-hetero) is 1. The van der Waals surface area contributed by atoms with Crippen molar-refractivity contribution in [2.75, 3.05) is 0 Å². The summed E-state index contributed by atoms with van der Waals surface area (Å²) in [6.07, 6.45) is 1.80. The first-order valence-corrected chi connectivity index (χ1v) is 13.0. The van der Waals surface area contributed by atoms with E-state index >= 15 is 0 Å². The van der Waals surface area contributed by atoms with Gasteiger partial charge in [-0.05, 0) is 37.4 Å². The minimum atomic E-state index is -6.09. The summed E-state index contributed by atoms with van der Waals surface area (Å²) < 4.78 is 61.7. The first-order valence-electron chi connectivity index (χ1n) is 8.57. The van der Waals surface area contributed by atoms with Crippen molar-refractivity contribution in [3.63, 3.8) is 0 Å². The Morgan fingerprint density at radius 3 is 2.10 bits per heavy atom. The van der Waals surface area contributed by atoms with Crippen LogP contribution >= 0.6 is 11.3 Å². The predicted octanol–water partition coefficient (Wildman–Crippen LogP) is 2.33. The lowest BCUT2D eigenvalue weighted by molar-refractivity contribution is -0.579. The number of benzene rings is 1. The van der Waals surface area contributed by atoms with Crippen LogP contribution in [0.5, 0.6) is 0 Å². The summed E-state index contributed by atoms with van der Waals surface area (Å²) in [5.41, 5.74) is -1.79. The number of carbonyl (C=O) groups excluding carboxylic acids is 1. The van der Waals surface area contributed by atoms with Crippen molar-refractivity contribution in [3.8, 4) is 0 Å². The Balaban J connectivity index is 0.000000343. The second kappa shape index (κ2) is 10.2. The number of ketones is 1. The second-order valence-corrected chi connectivity index (χ2v) is 11.8. The molecule has 0 fully saturated rings. The third-order valence-corrected chi connectivity index (χ3v) is 8.64. The molecule has 0 unspecified atom stereocenters. The minimum Gasteiger partial charge on any atom is -0.741 e. The normalized spacial score (nSPS) is 15.0. The molecule has 0 saturated heterocycles. The average Bonchev–Trinajstić information content (AvgIpc) is 3.18. The Morgan fingerprint density at radius 2 is 1.60 bits per heavy atom. The molecule has 0 saturated carbocycles. The standard InChI is InChI=1S/C19H18IOS.CHF3O3S/c1-13-11-16(19(21)18-9-6-10-22-18)17(12-14(13)2)20-15-7-4-3-5-8-15;2-1(3,4)8(5,6)7/h3-10H,11-12H2,1-2H3;(H,5,6,7)/q+1;/p-1. The zero-order valence-electron chi connectivity index (χ0n) is 16.0. The van der Waals surface area contributed by atoms with Gasteiger partial charge in [0.1, 0.15) is 0 Å². The fourth-order valence-electron chi connectivity index (χ4n) is 2.46. The highest BCUT2D eigenvalue weighted by molar-refractivity contribution is 7.86. The predicted molar refractivity (Wildman–Crippen MR) is 104 cm³/mol. The first-order chi connectivity index (χ1) is 13.9. The summed E-state index contributed by atoms with van der Waals surface area (Å²) in [6.45, 7) is 4.37. The van der Waals surface area contributed by atoms with Gasteiger partial charge in [-0.2, -0.15) is 13.2 Å². The van der Waals surface area contributed by atoms with E-state index in [1.165, 1.54) is 18.3 Å². The van der Waals surface area contributed by atoms with Gasteiger partial charge in [-0.15, -0.1) is 11.3 Å². The molecule has 0 aliphatic heterocycles.